The first-order valence-electron chi connectivity index (χ1n) is 10.2. The summed E-state index contributed by atoms with van der Waals surface area (Å²) in [5, 5.41) is 3.30. The van der Waals surface area contributed by atoms with Crippen molar-refractivity contribution in [3.63, 3.8) is 0 Å². The molecule has 5 nitrogen and oxygen atoms in total. The Morgan fingerprint density at radius 3 is 2.12 bits per heavy atom. The lowest BCUT2D eigenvalue weighted by Crippen LogP contribution is -2.51. The van der Waals surface area contributed by atoms with E-state index in [0.29, 0.717) is 12.0 Å². The molecule has 1 atom stereocenters. The zero-order valence-electron chi connectivity index (χ0n) is 17.2. The van der Waals surface area contributed by atoms with Crippen molar-refractivity contribution in [2.24, 2.45) is 0 Å². The molecule has 0 heterocycles. The molecule has 0 radical (unpaired) electrons. The van der Waals surface area contributed by atoms with Crippen molar-refractivity contribution in [2.45, 2.75) is 21.8 Å². The number of nitrogens with one attached hydrogen (secondary N) is 2. The van der Waals surface area contributed by atoms with Gasteiger partial charge in [-0.25, -0.2) is 4.79 Å². The van der Waals surface area contributed by atoms with Gasteiger partial charge in [0.1, 0.15) is 5.54 Å². The highest BCUT2D eigenvalue weighted by atomic mass is 32.2. The normalized spacial score (nSPS) is 16.9. The molecule has 3 aromatic rings. The molecule has 4 rings (SSSR count). The number of rotatable bonds is 6. The third-order valence-corrected chi connectivity index (χ3v) is 5.94. The minimum absolute atomic E-state index is 0.361. The van der Waals surface area contributed by atoms with Gasteiger partial charge in [0.2, 0.25) is 0 Å². The second-order valence-electron chi connectivity index (χ2n) is 7.21. The number of benzene rings is 3. The molecule has 1 aliphatic rings. The number of allylic oxidation sites excluding steroid dienone is 2. The molecule has 2 N–H and O–H groups in total. The van der Waals surface area contributed by atoms with Gasteiger partial charge in [-0.2, -0.15) is 5.48 Å². The third kappa shape index (κ3) is 5.28. The maximum atomic E-state index is 13.0. The van der Waals surface area contributed by atoms with E-state index in [1.165, 1.54) is 0 Å². The monoisotopic (exact) mass is 442 g/mol. The van der Waals surface area contributed by atoms with Crippen molar-refractivity contribution < 1.29 is 14.4 Å². The fourth-order valence-electron chi connectivity index (χ4n) is 3.24. The maximum Gasteiger partial charge on any atom is 0.362 e. The van der Waals surface area contributed by atoms with Crippen molar-refractivity contribution >= 4 is 29.3 Å². The Kier molecular flexibility index (Phi) is 6.72. The Balaban J connectivity index is 1.43. The summed E-state index contributed by atoms with van der Waals surface area (Å²) in [6.07, 6.45) is 7.76. The van der Waals surface area contributed by atoms with Gasteiger partial charge in [-0.3, -0.25) is 4.79 Å². The number of carbonyl (C=O) groups excluding carboxylic acids is 2. The lowest BCUT2D eigenvalue weighted by atomic mass is 9.90. The van der Waals surface area contributed by atoms with E-state index in [0.717, 1.165) is 15.5 Å². The first-order valence-corrected chi connectivity index (χ1v) is 11.0. The largest absolute Gasteiger partial charge is 0.368 e. The van der Waals surface area contributed by atoms with Gasteiger partial charge in [0.05, 0.1) is 5.56 Å². The molecule has 3 aromatic carbocycles. The van der Waals surface area contributed by atoms with E-state index >= 15 is 0 Å². The van der Waals surface area contributed by atoms with E-state index in [1.807, 2.05) is 54.6 Å². The number of hydrogen-bond acceptors (Lipinski definition) is 5. The standard InChI is InChI=1S/C26H22N2O3S/c29-24(20-10-4-1-5-11-20)31-28-25(30)26(18-8-3-9-19-26)27-21-14-16-23(17-15-21)32-22-12-6-2-7-13-22/h1-18,27H,19H2,(H,28,30). The van der Waals surface area contributed by atoms with E-state index < -0.39 is 17.4 Å². The summed E-state index contributed by atoms with van der Waals surface area (Å²) in [7, 11) is 0. The molecule has 0 fully saturated rings. The lowest BCUT2D eigenvalue weighted by molar-refractivity contribution is -0.133. The second-order valence-corrected chi connectivity index (χ2v) is 8.36. The molecule has 0 aliphatic heterocycles. The van der Waals surface area contributed by atoms with Crippen LogP contribution < -0.4 is 10.8 Å². The minimum Gasteiger partial charge on any atom is -0.368 e. The first kappa shape index (κ1) is 21.5. The van der Waals surface area contributed by atoms with Crippen molar-refractivity contribution in [1.29, 1.82) is 0 Å². The van der Waals surface area contributed by atoms with Crippen LogP contribution in [0.25, 0.3) is 0 Å². The molecular formula is C26H22N2O3S. The van der Waals surface area contributed by atoms with E-state index in [-0.39, 0.29) is 0 Å². The van der Waals surface area contributed by atoms with Gasteiger partial charge < -0.3 is 10.2 Å². The SMILES string of the molecule is O=C(ONC(=O)C1(Nc2ccc(Sc3ccccc3)cc2)C=CC=CC1)c1ccccc1. The van der Waals surface area contributed by atoms with E-state index in [9.17, 15) is 9.59 Å². The molecule has 32 heavy (non-hydrogen) atoms. The van der Waals surface area contributed by atoms with Crippen LogP contribution in [0.15, 0.2) is 119 Å². The quantitative estimate of drug-likeness (QED) is 0.501. The summed E-state index contributed by atoms with van der Waals surface area (Å²) >= 11 is 1.67. The Hall–Kier alpha value is -3.77. The fourth-order valence-corrected chi connectivity index (χ4v) is 4.08. The third-order valence-electron chi connectivity index (χ3n) is 4.92. The second kappa shape index (κ2) is 10.0. The molecule has 1 aliphatic carbocycles. The Bertz CT molecular complexity index is 1130. The van der Waals surface area contributed by atoms with Crippen LogP contribution >= 0.6 is 11.8 Å². The van der Waals surface area contributed by atoms with Crippen LogP contribution in [0.4, 0.5) is 5.69 Å². The molecule has 0 saturated heterocycles. The van der Waals surface area contributed by atoms with Crippen LogP contribution in [-0.4, -0.2) is 17.4 Å². The predicted molar refractivity (Wildman–Crippen MR) is 126 cm³/mol. The topological polar surface area (TPSA) is 67.4 Å². The number of amides is 1. The Labute approximate surface area is 191 Å². The average Bonchev–Trinajstić information content (AvgIpc) is 2.85. The number of carbonyl (C=O) groups is 2. The molecule has 160 valence electrons. The Morgan fingerprint density at radius 2 is 1.47 bits per heavy atom. The van der Waals surface area contributed by atoms with Gasteiger partial charge in [-0.15, -0.1) is 0 Å². The summed E-state index contributed by atoms with van der Waals surface area (Å²) in [6.45, 7) is 0. The molecule has 0 bridgehead atoms. The van der Waals surface area contributed by atoms with Gasteiger partial charge >= 0.3 is 5.97 Å². The van der Waals surface area contributed by atoms with Crippen LogP contribution in [0.1, 0.15) is 16.8 Å². The van der Waals surface area contributed by atoms with Crippen molar-refractivity contribution in [3.05, 3.63) is 115 Å². The lowest BCUT2D eigenvalue weighted by Gasteiger charge is -2.31. The van der Waals surface area contributed by atoms with Gasteiger partial charge in [0.25, 0.3) is 5.91 Å². The number of anilines is 1. The maximum absolute atomic E-state index is 13.0. The number of hydrogen-bond donors (Lipinski definition) is 2. The van der Waals surface area contributed by atoms with E-state index in [1.54, 1.807) is 54.2 Å². The summed E-state index contributed by atoms with van der Waals surface area (Å²) in [4.78, 5) is 32.5. The van der Waals surface area contributed by atoms with Gasteiger partial charge in [-0.05, 0) is 54.6 Å². The molecular weight excluding hydrogens is 420 g/mol. The molecule has 1 unspecified atom stereocenters. The first-order chi connectivity index (χ1) is 15.6. The van der Waals surface area contributed by atoms with E-state index in [4.69, 9.17) is 4.84 Å². The van der Waals surface area contributed by atoms with Gasteiger partial charge in [0, 0.05) is 21.9 Å². The summed E-state index contributed by atoms with van der Waals surface area (Å²) in [6, 6.07) is 26.5. The molecule has 0 saturated carbocycles. The molecule has 0 aromatic heterocycles. The predicted octanol–water partition coefficient (Wildman–Crippen LogP) is 5.39. The van der Waals surface area contributed by atoms with Crippen LogP contribution in [0, 0.1) is 0 Å². The molecule has 1 amide bonds. The highest BCUT2D eigenvalue weighted by Gasteiger charge is 2.36. The van der Waals surface area contributed by atoms with Gasteiger partial charge in [-0.1, -0.05) is 66.4 Å². The molecule has 6 heteroatoms. The number of hydroxylamine groups is 1. The average molecular weight is 443 g/mol. The summed E-state index contributed by atoms with van der Waals surface area (Å²) in [5.41, 5.74) is 2.39. The van der Waals surface area contributed by atoms with Crippen LogP contribution in [0.2, 0.25) is 0 Å². The fraction of sp³-hybridized carbons (Fsp3) is 0.0769. The van der Waals surface area contributed by atoms with E-state index in [2.05, 4.69) is 22.9 Å². The molecule has 0 spiro atoms. The van der Waals surface area contributed by atoms with Crippen LogP contribution in [-0.2, 0) is 9.63 Å². The van der Waals surface area contributed by atoms with Crippen LogP contribution in [0.3, 0.4) is 0 Å². The van der Waals surface area contributed by atoms with Gasteiger partial charge in [0.15, 0.2) is 0 Å². The highest BCUT2D eigenvalue weighted by molar-refractivity contribution is 7.99. The summed E-state index contributed by atoms with van der Waals surface area (Å²) < 4.78 is 0. The zero-order chi connectivity index (χ0) is 22.2. The van der Waals surface area contributed by atoms with Crippen molar-refractivity contribution in [2.75, 3.05) is 5.32 Å². The minimum atomic E-state index is -1.07. The smallest absolute Gasteiger partial charge is 0.362 e. The van der Waals surface area contributed by atoms with Crippen molar-refractivity contribution in [1.82, 2.24) is 5.48 Å². The highest BCUT2D eigenvalue weighted by Crippen LogP contribution is 2.30. The summed E-state index contributed by atoms with van der Waals surface area (Å²) in [5.74, 6) is -1.07. The Morgan fingerprint density at radius 1 is 0.812 bits per heavy atom. The van der Waals surface area contributed by atoms with Crippen LogP contribution in [0.5, 0.6) is 0 Å². The zero-order valence-corrected chi connectivity index (χ0v) is 18.0. The van der Waals surface area contributed by atoms with Crippen molar-refractivity contribution in [3.8, 4) is 0 Å².